The third kappa shape index (κ3) is 3.91. The van der Waals surface area contributed by atoms with Crippen molar-refractivity contribution in [1.82, 2.24) is 9.80 Å². The fourth-order valence-corrected chi connectivity index (χ4v) is 2.69. The van der Waals surface area contributed by atoms with Crippen molar-refractivity contribution < 1.29 is 4.74 Å². The van der Waals surface area contributed by atoms with Gasteiger partial charge in [0.1, 0.15) is 0 Å². The molecule has 0 aromatic rings. The van der Waals surface area contributed by atoms with Crippen molar-refractivity contribution in [3.8, 4) is 0 Å². The summed E-state index contributed by atoms with van der Waals surface area (Å²) in [5.41, 5.74) is 6.24. The molecular formula is C13H29N3O. The van der Waals surface area contributed by atoms with E-state index in [0.29, 0.717) is 6.10 Å². The van der Waals surface area contributed by atoms with Crippen LogP contribution in [-0.4, -0.2) is 69.3 Å². The number of nitrogens with two attached hydrogens (primary N) is 1. The summed E-state index contributed by atoms with van der Waals surface area (Å²) in [5, 5.41) is 0. The van der Waals surface area contributed by atoms with Gasteiger partial charge in [0, 0.05) is 32.3 Å². The minimum atomic E-state index is 0.199. The maximum Gasteiger partial charge on any atom is 0.0572 e. The first-order valence-electron chi connectivity index (χ1n) is 6.63. The molecule has 102 valence electrons. The second kappa shape index (κ2) is 6.69. The lowest BCUT2D eigenvalue weighted by atomic mass is 9.79. The smallest absolute Gasteiger partial charge is 0.0572 e. The molecular weight excluding hydrogens is 214 g/mol. The summed E-state index contributed by atoms with van der Waals surface area (Å²) in [7, 11) is 8.26. The van der Waals surface area contributed by atoms with Crippen molar-refractivity contribution in [3.63, 3.8) is 0 Å². The van der Waals surface area contributed by atoms with Gasteiger partial charge in [-0.15, -0.1) is 0 Å². The normalized spacial score (nSPS) is 30.2. The second-order valence-electron chi connectivity index (χ2n) is 5.59. The minimum Gasteiger partial charge on any atom is -0.381 e. The molecule has 4 nitrogen and oxygen atoms in total. The van der Waals surface area contributed by atoms with E-state index in [-0.39, 0.29) is 5.54 Å². The molecule has 0 amide bonds. The average Bonchev–Trinajstić information content (AvgIpc) is 2.35. The molecule has 1 fully saturated rings. The number of hydrogen-bond acceptors (Lipinski definition) is 4. The standard InChI is InChI=1S/C13H29N3O/c1-15(2)9-10-16(3)13(11-14)7-5-12(17-4)6-8-13/h12H,5-11,14H2,1-4H3. The lowest BCUT2D eigenvalue weighted by molar-refractivity contribution is 0.00189. The van der Waals surface area contributed by atoms with Gasteiger partial charge < -0.3 is 15.4 Å². The van der Waals surface area contributed by atoms with Crippen LogP contribution in [0.5, 0.6) is 0 Å². The van der Waals surface area contributed by atoms with Crippen LogP contribution >= 0.6 is 0 Å². The van der Waals surface area contributed by atoms with Crippen molar-refractivity contribution in [1.29, 1.82) is 0 Å². The van der Waals surface area contributed by atoms with Gasteiger partial charge in [0.25, 0.3) is 0 Å². The molecule has 0 aromatic heterocycles. The van der Waals surface area contributed by atoms with Gasteiger partial charge in [0.15, 0.2) is 0 Å². The van der Waals surface area contributed by atoms with E-state index in [0.717, 1.165) is 45.3 Å². The molecule has 1 aliphatic rings. The molecule has 0 atom stereocenters. The summed E-state index contributed by atoms with van der Waals surface area (Å²) in [4.78, 5) is 4.68. The third-order valence-electron chi connectivity index (χ3n) is 4.27. The summed E-state index contributed by atoms with van der Waals surface area (Å²) in [5.74, 6) is 0. The number of methoxy groups -OCH3 is 1. The topological polar surface area (TPSA) is 41.7 Å². The summed E-state index contributed by atoms with van der Waals surface area (Å²) in [6.07, 6.45) is 5.04. The van der Waals surface area contributed by atoms with Crippen molar-refractivity contribution in [3.05, 3.63) is 0 Å². The van der Waals surface area contributed by atoms with Gasteiger partial charge in [-0.05, 0) is 46.8 Å². The highest BCUT2D eigenvalue weighted by Gasteiger charge is 2.37. The Bertz CT molecular complexity index is 213. The summed E-state index contributed by atoms with van der Waals surface area (Å²) < 4.78 is 5.44. The van der Waals surface area contributed by atoms with E-state index < -0.39 is 0 Å². The first kappa shape index (κ1) is 14.9. The van der Waals surface area contributed by atoms with Crippen LogP contribution in [-0.2, 0) is 4.74 Å². The highest BCUT2D eigenvalue weighted by atomic mass is 16.5. The fraction of sp³-hybridized carbons (Fsp3) is 1.00. The lowest BCUT2D eigenvalue weighted by Crippen LogP contribution is -2.56. The summed E-state index contributed by atoms with van der Waals surface area (Å²) in [6.45, 7) is 2.93. The van der Waals surface area contributed by atoms with E-state index in [1.54, 1.807) is 0 Å². The fourth-order valence-electron chi connectivity index (χ4n) is 2.69. The molecule has 0 aliphatic heterocycles. The zero-order chi connectivity index (χ0) is 12.9. The molecule has 17 heavy (non-hydrogen) atoms. The Kier molecular flexibility index (Phi) is 5.86. The van der Waals surface area contributed by atoms with Crippen LogP contribution in [0.3, 0.4) is 0 Å². The average molecular weight is 243 g/mol. The maximum atomic E-state index is 6.04. The van der Waals surface area contributed by atoms with Crippen LogP contribution in [0.2, 0.25) is 0 Å². The third-order valence-corrected chi connectivity index (χ3v) is 4.27. The number of hydrogen-bond donors (Lipinski definition) is 1. The van der Waals surface area contributed by atoms with Crippen molar-refractivity contribution in [2.75, 3.05) is 47.9 Å². The van der Waals surface area contributed by atoms with Gasteiger partial charge in [-0.3, -0.25) is 4.90 Å². The zero-order valence-electron chi connectivity index (χ0n) is 11.9. The number of likely N-dealkylation sites (N-methyl/N-ethyl adjacent to an activating group) is 2. The van der Waals surface area contributed by atoms with Gasteiger partial charge in [0.2, 0.25) is 0 Å². The Morgan fingerprint density at radius 3 is 2.18 bits per heavy atom. The Balaban J connectivity index is 2.51. The molecule has 0 spiro atoms. The molecule has 0 saturated heterocycles. The van der Waals surface area contributed by atoms with E-state index in [4.69, 9.17) is 10.5 Å². The van der Waals surface area contributed by atoms with Crippen molar-refractivity contribution >= 4 is 0 Å². The highest BCUT2D eigenvalue weighted by molar-refractivity contribution is 4.95. The van der Waals surface area contributed by atoms with Gasteiger partial charge in [-0.1, -0.05) is 0 Å². The molecule has 1 saturated carbocycles. The van der Waals surface area contributed by atoms with Crippen molar-refractivity contribution in [2.24, 2.45) is 5.73 Å². The van der Waals surface area contributed by atoms with Crippen LogP contribution < -0.4 is 5.73 Å². The van der Waals surface area contributed by atoms with Gasteiger partial charge in [0.05, 0.1) is 6.10 Å². The molecule has 0 bridgehead atoms. The SMILES string of the molecule is COC1CCC(CN)(N(C)CCN(C)C)CC1. The second-order valence-corrected chi connectivity index (χ2v) is 5.59. The molecule has 1 aliphatic carbocycles. The Morgan fingerprint density at radius 2 is 1.76 bits per heavy atom. The van der Waals surface area contributed by atoms with Crippen LogP contribution in [0.15, 0.2) is 0 Å². The number of ether oxygens (including phenoxy) is 1. The highest BCUT2D eigenvalue weighted by Crippen LogP contribution is 2.33. The lowest BCUT2D eigenvalue weighted by Gasteiger charge is -2.46. The molecule has 2 N–H and O–H groups in total. The first-order valence-corrected chi connectivity index (χ1v) is 6.63. The Labute approximate surface area is 106 Å². The maximum absolute atomic E-state index is 6.04. The van der Waals surface area contributed by atoms with Crippen LogP contribution in [0, 0.1) is 0 Å². The Hall–Kier alpha value is -0.160. The van der Waals surface area contributed by atoms with E-state index in [1.807, 2.05) is 7.11 Å². The van der Waals surface area contributed by atoms with Crippen molar-refractivity contribution in [2.45, 2.75) is 37.3 Å². The van der Waals surface area contributed by atoms with Crippen LogP contribution in [0.4, 0.5) is 0 Å². The van der Waals surface area contributed by atoms with E-state index >= 15 is 0 Å². The molecule has 0 radical (unpaired) electrons. The van der Waals surface area contributed by atoms with Gasteiger partial charge in [-0.2, -0.15) is 0 Å². The summed E-state index contributed by atoms with van der Waals surface area (Å²) in [6, 6.07) is 0. The van der Waals surface area contributed by atoms with Crippen LogP contribution in [0.1, 0.15) is 25.7 Å². The predicted octanol–water partition coefficient (Wildman–Crippen LogP) is 0.766. The minimum absolute atomic E-state index is 0.199. The summed E-state index contributed by atoms with van der Waals surface area (Å²) >= 11 is 0. The van der Waals surface area contributed by atoms with E-state index in [9.17, 15) is 0 Å². The van der Waals surface area contributed by atoms with Gasteiger partial charge >= 0.3 is 0 Å². The molecule has 4 heteroatoms. The number of rotatable bonds is 6. The Morgan fingerprint density at radius 1 is 1.18 bits per heavy atom. The molecule has 0 unspecified atom stereocenters. The predicted molar refractivity (Wildman–Crippen MR) is 72.2 cm³/mol. The number of nitrogens with zero attached hydrogens (tertiary/aromatic N) is 2. The molecule has 0 aromatic carbocycles. The van der Waals surface area contributed by atoms with Gasteiger partial charge in [-0.25, -0.2) is 0 Å². The molecule has 1 rings (SSSR count). The zero-order valence-corrected chi connectivity index (χ0v) is 11.9. The largest absolute Gasteiger partial charge is 0.381 e. The quantitative estimate of drug-likeness (QED) is 0.748. The molecule has 0 heterocycles. The van der Waals surface area contributed by atoms with E-state index in [1.165, 1.54) is 0 Å². The monoisotopic (exact) mass is 243 g/mol. The van der Waals surface area contributed by atoms with E-state index in [2.05, 4.69) is 30.9 Å². The first-order chi connectivity index (χ1) is 8.04. The van der Waals surface area contributed by atoms with Crippen LogP contribution in [0.25, 0.3) is 0 Å².